The summed E-state index contributed by atoms with van der Waals surface area (Å²) in [5.41, 5.74) is 2.12. The van der Waals surface area contributed by atoms with Gasteiger partial charge >= 0.3 is 0 Å². The van der Waals surface area contributed by atoms with E-state index in [1.807, 2.05) is 25.3 Å². The van der Waals surface area contributed by atoms with Gasteiger partial charge in [-0.1, -0.05) is 12.1 Å². The molecule has 4 nitrogen and oxygen atoms in total. The van der Waals surface area contributed by atoms with E-state index >= 15 is 0 Å². The number of morpholine rings is 1. The monoisotopic (exact) mass is 329 g/mol. The first kappa shape index (κ1) is 16.9. The second-order valence-corrected chi connectivity index (χ2v) is 6.31. The molecule has 0 amide bonds. The molecule has 1 N–H and O–H groups in total. The molecule has 0 spiro atoms. The van der Waals surface area contributed by atoms with Crippen LogP contribution in [0, 0.1) is 5.82 Å². The summed E-state index contributed by atoms with van der Waals surface area (Å²) in [6, 6.07) is 10.9. The number of benzene rings is 1. The molecule has 128 valence electrons. The highest BCUT2D eigenvalue weighted by molar-refractivity contribution is 5.41. The van der Waals surface area contributed by atoms with Crippen molar-refractivity contribution < 1.29 is 9.13 Å². The van der Waals surface area contributed by atoms with Crippen LogP contribution in [0.2, 0.25) is 0 Å². The summed E-state index contributed by atoms with van der Waals surface area (Å²) >= 11 is 0. The first-order chi connectivity index (χ1) is 11.6. The Bertz CT molecular complexity index is 679. The molecular weight excluding hydrogens is 305 g/mol. The molecule has 1 aromatic heterocycles. The molecule has 0 bridgehead atoms. The Morgan fingerprint density at radius 2 is 2.25 bits per heavy atom. The van der Waals surface area contributed by atoms with E-state index in [1.165, 1.54) is 11.6 Å². The fourth-order valence-electron chi connectivity index (χ4n) is 2.93. The summed E-state index contributed by atoms with van der Waals surface area (Å²) in [7, 11) is 0. The molecule has 0 radical (unpaired) electrons. The number of rotatable bonds is 5. The Morgan fingerprint density at radius 1 is 1.38 bits per heavy atom. The van der Waals surface area contributed by atoms with Crippen LogP contribution in [-0.4, -0.2) is 30.8 Å². The van der Waals surface area contributed by atoms with Crippen molar-refractivity contribution in [1.29, 1.82) is 0 Å². The van der Waals surface area contributed by atoms with Crippen molar-refractivity contribution in [3.63, 3.8) is 0 Å². The lowest BCUT2D eigenvalue weighted by Gasteiger charge is -2.32. The van der Waals surface area contributed by atoms with Gasteiger partial charge in [0, 0.05) is 31.9 Å². The maximum absolute atomic E-state index is 13.3. The minimum absolute atomic E-state index is 0.0840. The second-order valence-electron chi connectivity index (χ2n) is 6.31. The van der Waals surface area contributed by atoms with Crippen LogP contribution >= 0.6 is 0 Å². The first-order valence-corrected chi connectivity index (χ1v) is 8.42. The minimum atomic E-state index is -0.200. The molecule has 5 heteroatoms. The number of pyridine rings is 1. The number of anilines is 1. The molecule has 1 aliphatic heterocycles. The Kier molecular flexibility index (Phi) is 5.43. The van der Waals surface area contributed by atoms with Gasteiger partial charge in [0.15, 0.2) is 0 Å². The smallest absolute Gasteiger partial charge is 0.128 e. The second kappa shape index (κ2) is 7.73. The number of nitrogens with zero attached hydrogens (tertiary/aromatic N) is 2. The molecule has 2 heterocycles. The van der Waals surface area contributed by atoms with E-state index < -0.39 is 0 Å². The Labute approximate surface area is 142 Å². The van der Waals surface area contributed by atoms with Gasteiger partial charge in [0.05, 0.1) is 12.7 Å². The van der Waals surface area contributed by atoms with Crippen molar-refractivity contribution >= 4 is 5.82 Å². The normalized spacial score (nSPS) is 19.3. The minimum Gasteiger partial charge on any atom is -0.375 e. The van der Waals surface area contributed by atoms with Gasteiger partial charge in [-0.2, -0.15) is 0 Å². The molecule has 24 heavy (non-hydrogen) atoms. The topological polar surface area (TPSA) is 37.4 Å². The predicted molar refractivity (Wildman–Crippen MR) is 93.5 cm³/mol. The first-order valence-electron chi connectivity index (χ1n) is 8.42. The number of hydrogen-bond acceptors (Lipinski definition) is 4. The SMILES string of the molecule is C[C@H](NCc1ccnc(N2CCO[C@@H](C)C2)c1)c1cccc(F)c1. The fraction of sp³-hybridized carbons (Fsp3) is 0.421. The number of hydrogen-bond donors (Lipinski definition) is 1. The molecule has 1 fully saturated rings. The maximum Gasteiger partial charge on any atom is 0.128 e. The highest BCUT2D eigenvalue weighted by Gasteiger charge is 2.18. The number of ether oxygens (including phenoxy) is 1. The molecule has 3 rings (SSSR count). The average Bonchev–Trinajstić information content (AvgIpc) is 2.60. The third kappa shape index (κ3) is 4.30. The van der Waals surface area contributed by atoms with Crippen LogP contribution in [0.1, 0.15) is 31.0 Å². The van der Waals surface area contributed by atoms with Crippen LogP contribution in [0.25, 0.3) is 0 Å². The number of halogens is 1. The van der Waals surface area contributed by atoms with Crippen LogP contribution in [-0.2, 0) is 11.3 Å². The maximum atomic E-state index is 13.3. The zero-order valence-corrected chi connectivity index (χ0v) is 14.2. The molecule has 0 unspecified atom stereocenters. The summed E-state index contributed by atoms with van der Waals surface area (Å²) in [6.07, 6.45) is 2.08. The van der Waals surface area contributed by atoms with Gasteiger partial charge in [0.1, 0.15) is 11.6 Å². The molecule has 0 aliphatic carbocycles. The fourth-order valence-corrected chi connectivity index (χ4v) is 2.93. The van der Waals surface area contributed by atoms with E-state index in [-0.39, 0.29) is 18.0 Å². The van der Waals surface area contributed by atoms with Crippen LogP contribution in [0.5, 0.6) is 0 Å². The van der Waals surface area contributed by atoms with Crippen molar-refractivity contribution in [3.05, 3.63) is 59.5 Å². The van der Waals surface area contributed by atoms with Crippen molar-refractivity contribution in [2.45, 2.75) is 32.5 Å². The average molecular weight is 329 g/mol. The Balaban J connectivity index is 1.62. The summed E-state index contributed by atoms with van der Waals surface area (Å²) < 4.78 is 18.9. The molecule has 2 aromatic rings. The highest BCUT2D eigenvalue weighted by atomic mass is 19.1. The van der Waals surface area contributed by atoms with Crippen molar-refractivity contribution in [1.82, 2.24) is 10.3 Å². The van der Waals surface area contributed by atoms with E-state index in [1.54, 1.807) is 12.1 Å². The van der Waals surface area contributed by atoms with Crippen LogP contribution < -0.4 is 10.2 Å². The summed E-state index contributed by atoms with van der Waals surface area (Å²) in [5, 5.41) is 3.44. The van der Waals surface area contributed by atoms with E-state index in [4.69, 9.17) is 4.74 Å². The van der Waals surface area contributed by atoms with Gasteiger partial charge in [-0.3, -0.25) is 0 Å². The third-order valence-corrected chi connectivity index (χ3v) is 4.34. The summed E-state index contributed by atoms with van der Waals surface area (Å²) in [5.74, 6) is 0.789. The molecule has 1 aromatic carbocycles. The molecular formula is C19H24FN3O. The Morgan fingerprint density at radius 3 is 3.04 bits per heavy atom. The summed E-state index contributed by atoms with van der Waals surface area (Å²) in [4.78, 5) is 6.74. The zero-order valence-electron chi connectivity index (χ0n) is 14.2. The van der Waals surface area contributed by atoms with Gasteiger partial charge < -0.3 is 15.0 Å². The van der Waals surface area contributed by atoms with Gasteiger partial charge in [0.2, 0.25) is 0 Å². The number of nitrogens with one attached hydrogen (secondary N) is 1. The van der Waals surface area contributed by atoms with Gasteiger partial charge in [-0.05, 0) is 49.2 Å². The van der Waals surface area contributed by atoms with E-state index in [2.05, 4.69) is 28.2 Å². The summed E-state index contributed by atoms with van der Waals surface area (Å²) in [6.45, 7) is 7.31. The highest BCUT2D eigenvalue weighted by Crippen LogP contribution is 2.18. The lowest BCUT2D eigenvalue weighted by Crippen LogP contribution is -2.41. The van der Waals surface area contributed by atoms with Gasteiger partial charge in [-0.25, -0.2) is 9.37 Å². The third-order valence-electron chi connectivity index (χ3n) is 4.34. The van der Waals surface area contributed by atoms with Gasteiger partial charge in [-0.15, -0.1) is 0 Å². The molecule has 1 saturated heterocycles. The van der Waals surface area contributed by atoms with Crippen LogP contribution in [0.3, 0.4) is 0 Å². The quantitative estimate of drug-likeness (QED) is 0.913. The van der Waals surface area contributed by atoms with Crippen molar-refractivity contribution in [2.24, 2.45) is 0 Å². The van der Waals surface area contributed by atoms with E-state index in [0.29, 0.717) is 6.54 Å². The lowest BCUT2D eigenvalue weighted by molar-refractivity contribution is 0.0529. The molecule has 0 saturated carbocycles. The van der Waals surface area contributed by atoms with Crippen LogP contribution in [0.4, 0.5) is 10.2 Å². The number of aromatic nitrogens is 1. The lowest BCUT2D eigenvalue weighted by atomic mass is 10.1. The standard InChI is InChI=1S/C19H24FN3O/c1-14-13-23(8-9-24-14)19-10-16(6-7-21-19)12-22-15(2)17-4-3-5-18(20)11-17/h3-7,10-11,14-15,22H,8-9,12-13H2,1-2H3/t14-,15-/m0/s1. The van der Waals surface area contributed by atoms with Gasteiger partial charge in [0.25, 0.3) is 0 Å². The predicted octanol–water partition coefficient (Wildman–Crippen LogP) is 3.30. The molecule has 2 atom stereocenters. The van der Waals surface area contributed by atoms with Crippen molar-refractivity contribution in [3.8, 4) is 0 Å². The van der Waals surface area contributed by atoms with E-state index in [9.17, 15) is 4.39 Å². The van der Waals surface area contributed by atoms with E-state index in [0.717, 1.165) is 31.1 Å². The van der Waals surface area contributed by atoms with Crippen LogP contribution in [0.15, 0.2) is 42.6 Å². The Hall–Kier alpha value is -1.98. The van der Waals surface area contributed by atoms with Crippen molar-refractivity contribution in [2.75, 3.05) is 24.6 Å². The molecule has 1 aliphatic rings. The largest absolute Gasteiger partial charge is 0.375 e. The zero-order chi connectivity index (χ0) is 16.9.